The van der Waals surface area contributed by atoms with Crippen molar-refractivity contribution in [2.24, 2.45) is 0 Å². The zero-order valence-corrected chi connectivity index (χ0v) is 15.7. The quantitative estimate of drug-likeness (QED) is 0.785. The topological polar surface area (TPSA) is 46.9 Å². The third-order valence-corrected chi connectivity index (χ3v) is 5.19. The summed E-state index contributed by atoms with van der Waals surface area (Å²) in [6.45, 7) is 3.30. The van der Waals surface area contributed by atoms with Crippen LogP contribution in [0.5, 0.6) is 5.75 Å². The highest BCUT2D eigenvalue weighted by Gasteiger charge is 2.27. The average Bonchev–Trinajstić information content (AvgIpc) is 2.64. The Bertz CT molecular complexity index is 791. The SMILES string of the molecule is OCC[C@@H]1CN(Cc2cc(Cl)ccc2O)CCN1Cc1ccc(F)c(F)c1. The minimum atomic E-state index is -0.850. The molecule has 0 unspecified atom stereocenters. The Morgan fingerprint density at radius 2 is 1.85 bits per heavy atom. The first-order chi connectivity index (χ1) is 13.0. The molecule has 3 rings (SSSR count). The Balaban J connectivity index is 1.67. The van der Waals surface area contributed by atoms with Gasteiger partial charge < -0.3 is 10.2 Å². The maximum absolute atomic E-state index is 13.5. The normalized spacial score (nSPS) is 18.7. The molecule has 1 fully saturated rings. The number of hydrogen-bond donors (Lipinski definition) is 2. The van der Waals surface area contributed by atoms with Gasteiger partial charge in [0.1, 0.15) is 5.75 Å². The summed E-state index contributed by atoms with van der Waals surface area (Å²) in [4.78, 5) is 4.38. The van der Waals surface area contributed by atoms with Crippen molar-refractivity contribution < 1.29 is 19.0 Å². The van der Waals surface area contributed by atoms with Crippen LogP contribution in [-0.2, 0) is 13.1 Å². The highest BCUT2D eigenvalue weighted by molar-refractivity contribution is 6.30. The van der Waals surface area contributed by atoms with Gasteiger partial charge in [-0.15, -0.1) is 0 Å². The first-order valence-corrected chi connectivity index (χ1v) is 9.32. The first-order valence-electron chi connectivity index (χ1n) is 8.95. The number of piperazine rings is 1. The van der Waals surface area contributed by atoms with Crippen LogP contribution < -0.4 is 0 Å². The summed E-state index contributed by atoms with van der Waals surface area (Å²) in [5.74, 6) is -1.49. The lowest BCUT2D eigenvalue weighted by Gasteiger charge is -2.41. The zero-order valence-electron chi connectivity index (χ0n) is 14.9. The van der Waals surface area contributed by atoms with Crippen molar-refractivity contribution in [2.45, 2.75) is 25.6 Å². The molecule has 1 aliphatic heterocycles. The number of nitrogens with zero attached hydrogens (tertiary/aromatic N) is 2. The second kappa shape index (κ2) is 8.97. The maximum Gasteiger partial charge on any atom is 0.159 e. The van der Waals surface area contributed by atoms with Crippen LogP contribution in [0.4, 0.5) is 8.78 Å². The Labute approximate surface area is 162 Å². The summed E-state index contributed by atoms with van der Waals surface area (Å²) < 4.78 is 26.6. The molecular formula is C20H23ClF2N2O2. The van der Waals surface area contributed by atoms with E-state index < -0.39 is 11.6 Å². The van der Waals surface area contributed by atoms with Gasteiger partial charge in [-0.1, -0.05) is 17.7 Å². The fourth-order valence-corrected chi connectivity index (χ4v) is 3.72. The predicted octanol–water partition coefficient (Wildman–Crippen LogP) is 3.39. The first kappa shape index (κ1) is 20.0. The van der Waals surface area contributed by atoms with E-state index in [9.17, 15) is 19.0 Å². The summed E-state index contributed by atoms with van der Waals surface area (Å²) in [5, 5.41) is 20.0. The van der Waals surface area contributed by atoms with E-state index >= 15 is 0 Å². The number of benzene rings is 2. The average molecular weight is 397 g/mol. The molecule has 0 spiro atoms. The molecule has 2 aromatic rings. The van der Waals surface area contributed by atoms with Crippen LogP contribution in [0.1, 0.15) is 17.5 Å². The van der Waals surface area contributed by atoms with Crippen molar-refractivity contribution in [3.05, 3.63) is 64.2 Å². The van der Waals surface area contributed by atoms with Crippen LogP contribution in [0.15, 0.2) is 36.4 Å². The molecular weight excluding hydrogens is 374 g/mol. The van der Waals surface area contributed by atoms with Gasteiger partial charge in [-0.05, 0) is 42.3 Å². The highest BCUT2D eigenvalue weighted by atomic mass is 35.5. The predicted molar refractivity (Wildman–Crippen MR) is 101 cm³/mol. The number of aromatic hydroxyl groups is 1. The monoisotopic (exact) mass is 396 g/mol. The molecule has 2 N–H and O–H groups in total. The lowest BCUT2D eigenvalue weighted by molar-refractivity contribution is 0.0495. The van der Waals surface area contributed by atoms with Crippen LogP contribution in [0, 0.1) is 11.6 Å². The molecule has 27 heavy (non-hydrogen) atoms. The van der Waals surface area contributed by atoms with Gasteiger partial charge in [-0.3, -0.25) is 9.80 Å². The van der Waals surface area contributed by atoms with Gasteiger partial charge in [0.25, 0.3) is 0 Å². The van der Waals surface area contributed by atoms with Gasteiger partial charge in [0.15, 0.2) is 11.6 Å². The Morgan fingerprint density at radius 1 is 1.04 bits per heavy atom. The van der Waals surface area contributed by atoms with E-state index in [0.717, 1.165) is 24.7 Å². The molecule has 0 bridgehead atoms. The molecule has 0 amide bonds. The minimum Gasteiger partial charge on any atom is -0.508 e. The Morgan fingerprint density at radius 3 is 2.59 bits per heavy atom. The highest BCUT2D eigenvalue weighted by Crippen LogP contribution is 2.25. The zero-order chi connectivity index (χ0) is 19.4. The number of aliphatic hydroxyl groups is 1. The molecule has 0 aliphatic carbocycles. The number of phenolic OH excluding ortho intramolecular Hbond substituents is 1. The van der Waals surface area contributed by atoms with Gasteiger partial charge in [0, 0.05) is 56.0 Å². The largest absolute Gasteiger partial charge is 0.508 e. The molecule has 4 nitrogen and oxygen atoms in total. The van der Waals surface area contributed by atoms with Crippen LogP contribution in [0.25, 0.3) is 0 Å². The van der Waals surface area contributed by atoms with E-state index in [0.29, 0.717) is 36.6 Å². The van der Waals surface area contributed by atoms with Gasteiger partial charge in [0.2, 0.25) is 0 Å². The summed E-state index contributed by atoms with van der Waals surface area (Å²) in [5.41, 5.74) is 1.47. The summed E-state index contributed by atoms with van der Waals surface area (Å²) in [7, 11) is 0. The summed E-state index contributed by atoms with van der Waals surface area (Å²) in [6, 6.07) is 9.03. The molecule has 1 heterocycles. The van der Waals surface area contributed by atoms with E-state index in [1.807, 2.05) is 0 Å². The standard InChI is InChI=1S/C20H23ClF2N2O2/c21-16-2-4-20(27)15(10-16)12-24-6-7-25(17(13-24)5-8-26)11-14-1-3-18(22)19(23)9-14/h1-4,9-10,17,26-27H,5-8,11-13H2/t17-/m1/s1. The van der Waals surface area contributed by atoms with E-state index in [2.05, 4.69) is 9.80 Å². The molecule has 0 aromatic heterocycles. The number of hydrogen-bond acceptors (Lipinski definition) is 4. The van der Waals surface area contributed by atoms with Crippen LogP contribution >= 0.6 is 11.6 Å². The maximum atomic E-state index is 13.5. The van der Waals surface area contributed by atoms with Crippen molar-refractivity contribution in [1.29, 1.82) is 0 Å². The third-order valence-electron chi connectivity index (χ3n) is 4.96. The lowest BCUT2D eigenvalue weighted by atomic mass is 10.1. The lowest BCUT2D eigenvalue weighted by Crippen LogP contribution is -2.52. The number of phenols is 1. The number of aliphatic hydroxyl groups excluding tert-OH is 1. The second-order valence-corrected chi connectivity index (χ2v) is 7.33. The van der Waals surface area contributed by atoms with E-state index in [1.165, 1.54) is 6.07 Å². The van der Waals surface area contributed by atoms with Gasteiger partial charge in [-0.25, -0.2) is 8.78 Å². The summed E-state index contributed by atoms with van der Waals surface area (Å²) >= 11 is 6.02. The molecule has 146 valence electrons. The van der Waals surface area contributed by atoms with Gasteiger partial charge in [0.05, 0.1) is 0 Å². The minimum absolute atomic E-state index is 0.0508. The smallest absolute Gasteiger partial charge is 0.159 e. The molecule has 1 aliphatic rings. The van der Waals surface area contributed by atoms with Crippen molar-refractivity contribution in [3.8, 4) is 5.75 Å². The van der Waals surface area contributed by atoms with Crippen molar-refractivity contribution in [2.75, 3.05) is 26.2 Å². The Hall–Kier alpha value is -1.73. The van der Waals surface area contributed by atoms with Crippen LogP contribution in [0.2, 0.25) is 5.02 Å². The van der Waals surface area contributed by atoms with Gasteiger partial charge >= 0.3 is 0 Å². The fraction of sp³-hybridized carbons (Fsp3) is 0.400. The molecule has 0 radical (unpaired) electrons. The van der Waals surface area contributed by atoms with Crippen LogP contribution in [-0.4, -0.2) is 52.3 Å². The van der Waals surface area contributed by atoms with E-state index in [4.69, 9.17) is 11.6 Å². The van der Waals surface area contributed by atoms with Crippen molar-refractivity contribution >= 4 is 11.6 Å². The van der Waals surface area contributed by atoms with E-state index in [1.54, 1.807) is 24.3 Å². The van der Waals surface area contributed by atoms with Crippen LogP contribution in [0.3, 0.4) is 0 Å². The number of rotatable bonds is 6. The van der Waals surface area contributed by atoms with Crippen molar-refractivity contribution in [1.82, 2.24) is 9.80 Å². The molecule has 2 aromatic carbocycles. The molecule has 1 atom stereocenters. The number of halogens is 3. The second-order valence-electron chi connectivity index (χ2n) is 6.89. The Kier molecular flexibility index (Phi) is 6.65. The summed E-state index contributed by atoms with van der Waals surface area (Å²) in [6.07, 6.45) is 0.585. The van der Waals surface area contributed by atoms with Gasteiger partial charge in [-0.2, -0.15) is 0 Å². The molecule has 1 saturated heterocycles. The molecule has 7 heteroatoms. The third kappa shape index (κ3) is 5.17. The fourth-order valence-electron chi connectivity index (χ4n) is 3.53. The van der Waals surface area contributed by atoms with Crippen molar-refractivity contribution in [3.63, 3.8) is 0 Å². The van der Waals surface area contributed by atoms with E-state index in [-0.39, 0.29) is 18.4 Å². The molecule has 0 saturated carbocycles.